The molecule has 0 unspecified atom stereocenters. The fourth-order valence-corrected chi connectivity index (χ4v) is 5.30. The Morgan fingerprint density at radius 1 is 1.06 bits per heavy atom. The molecular formula is C25H27N7O. The Morgan fingerprint density at radius 2 is 1.94 bits per heavy atom. The van der Waals surface area contributed by atoms with Crippen molar-refractivity contribution in [3.8, 4) is 0 Å². The third-order valence-electron chi connectivity index (χ3n) is 7.02. The van der Waals surface area contributed by atoms with E-state index in [9.17, 15) is 4.79 Å². The van der Waals surface area contributed by atoms with Gasteiger partial charge in [-0.2, -0.15) is 4.98 Å². The first kappa shape index (κ1) is 20.1. The summed E-state index contributed by atoms with van der Waals surface area (Å²) in [5, 5.41) is 5.53. The van der Waals surface area contributed by atoms with Crippen molar-refractivity contribution < 1.29 is 4.79 Å². The van der Waals surface area contributed by atoms with Crippen molar-refractivity contribution in [2.75, 3.05) is 11.9 Å². The van der Waals surface area contributed by atoms with Crippen molar-refractivity contribution in [2.24, 2.45) is 0 Å². The predicted octanol–water partition coefficient (Wildman–Crippen LogP) is 4.53. The van der Waals surface area contributed by atoms with Crippen molar-refractivity contribution in [2.45, 2.75) is 58.0 Å². The molecule has 1 fully saturated rings. The van der Waals surface area contributed by atoms with Crippen LogP contribution in [0.5, 0.6) is 0 Å². The van der Waals surface area contributed by atoms with Crippen LogP contribution in [0.1, 0.15) is 56.3 Å². The molecule has 0 spiro atoms. The molecule has 0 radical (unpaired) electrons. The molecule has 1 aliphatic heterocycles. The van der Waals surface area contributed by atoms with E-state index in [1.165, 1.54) is 32.1 Å². The second-order valence-corrected chi connectivity index (χ2v) is 9.10. The number of fused-ring (bicyclic) bond motifs is 4. The van der Waals surface area contributed by atoms with Gasteiger partial charge >= 0.3 is 0 Å². The van der Waals surface area contributed by atoms with Crippen molar-refractivity contribution in [3.63, 3.8) is 0 Å². The van der Waals surface area contributed by atoms with Gasteiger partial charge in [0, 0.05) is 61.3 Å². The van der Waals surface area contributed by atoms with Crippen LogP contribution in [0.4, 0.5) is 11.8 Å². The van der Waals surface area contributed by atoms with E-state index in [0.29, 0.717) is 25.1 Å². The summed E-state index contributed by atoms with van der Waals surface area (Å²) < 4.78 is 2.38. The first-order valence-corrected chi connectivity index (χ1v) is 11.8. The van der Waals surface area contributed by atoms with Gasteiger partial charge < -0.3 is 14.8 Å². The summed E-state index contributed by atoms with van der Waals surface area (Å²) in [6, 6.07) is 6.49. The summed E-state index contributed by atoms with van der Waals surface area (Å²) in [5.41, 5.74) is 4.22. The molecule has 0 aromatic carbocycles. The van der Waals surface area contributed by atoms with Crippen molar-refractivity contribution >= 4 is 39.6 Å². The molecule has 5 heterocycles. The van der Waals surface area contributed by atoms with Crippen LogP contribution in [0.25, 0.3) is 21.9 Å². The standard InChI is InChI=1S/C25H27N7O/c1-16(33)31-12-10-21-17(15-31)7-8-23(28-21)29-25-27-13-20-19-9-11-26-14-22(19)32(24(20)30-25)18-5-3-2-4-6-18/h7-9,11,13-14,18H,2-6,10,12,15H2,1H3,(H,27,28,29,30). The number of carbonyl (C=O) groups is 1. The lowest BCUT2D eigenvalue weighted by Gasteiger charge is -2.27. The Balaban J connectivity index is 1.36. The van der Waals surface area contributed by atoms with Gasteiger partial charge in [0.1, 0.15) is 11.5 Å². The number of anilines is 2. The minimum absolute atomic E-state index is 0.105. The quantitative estimate of drug-likeness (QED) is 0.503. The molecule has 0 bridgehead atoms. The van der Waals surface area contributed by atoms with E-state index in [1.807, 2.05) is 35.6 Å². The number of hydrogen-bond donors (Lipinski definition) is 1. The molecule has 0 saturated heterocycles. The molecule has 4 aromatic heterocycles. The highest BCUT2D eigenvalue weighted by molar-refractivity contribution is 6.06. The zero-order valence-electron chi connectivity index (χ0n) is 18.8. The normalized spacial score (nSPS) is 16.8. The molecule has 1 aliphatic carbocycles. The van der Waals surface area contributed by atoms with Crippen LogP contribution in [0, 0.1) is 0 Å². The van der Waals surface area contributed by atoms with Crippen LogP contribution < -0.4 is 5.32 Å². The van der Waals surface area contributed by atoms with Gasteiger partial charge in [-0.15, -0.1) is 0 Å². The van der Waals surface area contributed by atoms with Gasteiger partial charge in [-0.3, -0.25) is 9.78 Å². The SMILES string of the molecule is CC(=O)N1CCc2nc(Nc3ncc4c5ccncc5n(C5CCCCC5)c4n3)ccc2C1. The lowest BCUT2D eigenvalue weighted by molar-refractivity contribution is -0.129. The Kier molecular flexibility index (Phi) is 4.93. The molecule has 8 nitrogen and oxygen atoms in total. The highest BCUT2D eigenvalue weighted by Gasteiger charge is 2.23. The number of aromatic nitrogens is 5. The van der Waals surface area contributed by atoms with Gasteiger partial charge in [0.25, 0.3) is 0 Å². The topological polar surface area (TPSA) is 88.8 Å². The maximum Gasteiger partial charge on any atom is 0.230 e. The predicted molar refractivity (Wildman–Crippen MR) is 127 cm³/mol. The minimum atomic E-state index is 0.105. The summed E-state index contributed by atoms with van der Waals surface area (Å²) in [6.45, 7) is 2.94. The summed E-state index contributed by atoms with van der Waals surface area (Å²) >= 11 is 0. The van der Waals surface area contributed by atoms with Crippen molar-refractivity contribution in [1.29, 1.82) is 0 Å². The smallest absolute Gasteiger partial charge is 0.230 e. The van der Waals surface area contributed by atoms with Gasteiger partial charge in [0.05, 0.1) is 11.7 Å². The van der Waals surface area contributed by atoms with Gasteiger partial charge in [-0.05, 0) is 30.5 Å². The molecule has 8 heteroatoms. The number of carbonyl (C=O) groups excluding carboxylic acids is 1. The van der Waals surface area contributed by atoms with Crippen LogP contribution in [-0.4, -0.2) is 41.9 Å². The number of amides is 1. The fourth-order valence-electron chi connectivity index (χ4n) is 5.30. The zero-order valence-corrected chi connectivity index (χ0v) is 18.8. The second kappa shape index (κ2) is 8.10. The van der Waals surface area contributed by atoms with Crippen molar-refractivity contribution in [1.82, 2.24) is 29.4 Å². The molecule has 33 heavy (non-hydrogen) atoms. The van der Waals surface area contributed by atoms with E-state index >= 15 is 0 Å². The average Bonchev–Trinajstić information content (AvgIpc) is 3.18. The summed E-state index contributed by atoms with van der Waals surface area (Å²) in [7, 11) is 0. The number of nitrogens with one attached hydrogen (secondary N) is 1. The van der Waals surface area contributed by atoms with Crippen LogP contribution in [0.15, 0.2) is 36.8 Å². The first-order valence-electron chi connectivity index (χ1n) is 11.8. The molecule has 1 N–H and O–H groups in total. The Bertz CT molecular complexity index is 1360. The molecule has 2 aliphatic rings. The summed E-state index contributed by atoms with van der Waals surface area (Å²) in [5.74, 6) is 1.38. The molecule has 1 amide bonds. The summed E-state index contributed by atoms with van der Waals surface area (Å²) in [6.07, 6.45) is 12.6. The van der Waals surface area contributed by atoms with E-state index in [1.54, 1.807) is 6.92 Å². The molecule has 1 saturated carbocycles. The van der Waals surface area contributed by atoms with Crippen molar-refractivity contribution in [3.05, 3.63) is 48.0 Å². The van der Waals surface area contributed by atoms with Crippen LogP contribution in [0.3, 0.4) is 0 Å². The van der Waals surface area contributed by atoms with Gasteiger partial charge in [-0.25, -0.2) is 9.97 Å². The number of rotatable bonds is 3. The van der Waals surface area contributed by atoms with Crippen LogP contribution in [-0.2, 0) is 17.8 Å². The van der Waals surface area contributed by atoms with Crippen LogP contribution in [0.2, 0.25) is 0 Å². The van der Waals surface area contributed by atoms with Gasteiger partial charge in [0.2, 0.25) is 11.9 Å². The lowest BCUT2D eigenvalue weighted by atomic mass is 9.95. The fraction of sp³-hybridized carbons (Fsp3) is 0.400. The maximum atomic E-state index is 11.7. The molecule has 6 rings (SSSR count). The minimum Gasteiger partial charge on any atom is -0.338 e. The molecule has 4 aromatic rings. The van der Waals surface area contributed by atoms with Crippen LogP contribution >= 0.6 is 0 Å². The highest BCUT2D eigenvalue weighted by atomic mass is 16.2. The number of nitrogens with zero attached hydrogens (tertiary/aromatic N) is 6. The molecular weight excluding hydrogens is 414 g/mol. The largest absolute Gasteiger partial charge is 0.338 e. The maximum absolute atomic E-state index is 11.7. The van der Waals surface area contributed by atoms with E-state index in [2.05, 4.69) is 25.9 Å². The zero-order chi connectivity index (χ0) is 22.4. The van der Waals surface area contributed by atoms with Gasteiger partial charge in [-0.1, -0.05) is 25.3 Å². The third kappa shape index (κ3) is 3.59. The number of pyridine rings is 2. The molecule has 168 valence electrons. The number of hydrogen-bond acceptors (Lipinski definition) is 6. The van der Waals surface area contributed by atoms with E-state index in [0.717, 1.165) is 45.4 Å². The average molecular weight is 442 g/mol. The summed E-state index contributed by atoms with van der Waals surface area (Å²) in [4.78, 5) is 32.3. The van der Waals surface area contributed by atoms with E-state index in [4.69, 9.17) is 9.97 Å². The molecule has 0 atom stereocenters. The Hall–Kier alpha value is -3.55. The first-order chi connectivity index (χ1) is 16.2. The highest BCUT2D eigenvalue weighted by Crippen LogP contribution is 2.36. The van der Waals surface area contributed by atoms with Gasteiger partial charge in [0.15, 0.2) is 0 Å². The second-order valence-electron chi connectivity index (χ2n) is 9.10. The monoisotopic (exact) mass is 441 g/mol. The Labute approximate surface area is 192 Å². The third-order valence-corrected chi connectivity index (χ3v) is 7.02. The lowest BCUT2D eigenvalue weighted by Crippen LogP contribution is -2.34. The van der Waals surface area contributed by atoms with E-state index in [-0.39, 0.29) is 5.91 Å². The Morgan fingerprint density at radius 3 is 2.79 bits per heavy atom. The van der Waals surface area contributed by atoms with E-state index < -0.39 is 0 Å².